The number of hydrogen-bond donors (Lipinski definition) is 1. The highest BCUT2D eigenvalue weighted by atomic mass is 16.5. The van der Waals surface area contributed by atoms with Gasteiger partial charge in [0.05, 0.1) is 13.7 Å². The van der Waals surface area contributed by atoms with Gasteiger partial charge in [0.15, 0.2) is 0 Å². The first kappa shape index (κ1) is 16.5. The molecule has 4 heteroatoms. The first-order valence-corrected chi connectivity index (χ1v) is 6.82. The number of aryl methyl sites for hydroxylation is 2. The predicted molar refractivity (Wildman–Crippen MR) is 80.2 cm³/mol. The molecule has 20 heavy (non-hydrogen) atoms. The molecule has 0 bridgehead atoms. The molecule has 0 spiro atoms. The maximum absolute atomic E-state index is 11.7. The zero-order valence-corrected chi connectivity index (χ0v) is 13.3. The van der Waals surface area contributed by atoms with E-state index in [0.29, 0.717) is 13.0 Å². The summed E-state index contributed by atoms with van der Waals surface area (Å²) in [6.45, 7) is 8.43. The van der Waals surface area contributed by atoms with E-state index >= 15 is 0 Å². The Morgan fingerprint density at radius 1 is 1.30 bits per heavy atom. The lowest BCUT2D eigenvalue weighted by Crippen LogP contribution is -2.49. The van der Waals surface area contributed by atoms with E-state index in [4.69, 9.17) is 9.47 Å². The van der Waals surface area contributed by atoms with Crippen molar-refractivity contribution in [1.29, 1.82) is 0 Å². The van der Waals surface area contributed by atoms with E-state index in [0.717, 1.165) is 11.3 Å². The summed E-state index contributed by atoms with van der Waals surface area (Å²) < 4.78 is 10.7. The zero-order chi connectivity index (χ0) is 15.3. The van der Waals surface area contributed by atoms with E-state index in [1.807, 2.05) is 26.8 Å². The largest absolute Gasteiger partial charge is 0.493 e. The van der Waals surface area contributed by atoms with Crippen molar-refractivity contribution in [3.8, 4) is 5.75 Å². The Kier molecular flexibility index (Phi) is 5.57. The number of benzene rings is 1. The molecule has 0 amide bonds. The molecule has 0 heterocycles. The van der Waals surface area contributed by atoms with Crippen LogP contribution in [0, 0.1) is 20.8 Å². The number of esters is 1. The first-order chi connectivity index (χ1) is 9.34. The van der Waals surface area contributed by atoms with Gasteiger partial charge >= 0.3 is 5.97 Å². The maximum atomic E-state index is 11.7. The fourth-order valence-electron chi connectivity index (χ4n) is 2.07. The fourth-order valence-corrected chi connectivity index (χ4v) is 2.07. The lowest BCUT2D eigenvalue weighted by molar-refractivity contribution is -0.148. The van der Waals surface area contributed by atoms with Gasteiger partial charge in [-0.15, -0.1) is 0 Å². The molecular weight excluding hydrogens is 254 g/mol. The molecule has 1 aromatic carbocycles. The Hall–Kier alpha value is -1.55. The summed E-state index contributed by atoms with van der Waals surface area (Å²) in [7, 11) is 3.14. The number of hydrogen-bond acceptors (Lipinski definition) is 4. The molecular formula is C16H25NO3. The van der Waals surface area contributed by atoms with Crippen molar-refractivity contribution in [2.24, 2.45) is 0 Å². The molecule has 4 nitrogen and oxygen atoms in total. The smallest absolute Gasteiger partial charge is 0.325 e. The number of ether oxygens (including phenoxy) is 2. The van der Waals surface area contributed by atoms with Gasteiger partial charge in [0.25, 0.3) is 0 Å². The van der Waals surface area contributed by atoms with Gasteiger partial charge in [-0.3, -0.25) is 4.79 Å². The molecule has 0 aliphatic rings. The number of likely N-dealkylation sites (N-methyl/N-ethyl adjacent to an activating group) is 1. The first-order valence-electron chi connectivity index (χ1n) is 6.82. The SMILES string of the molecule is CNC(C)(CCOc1cc(C)cc(C)c1C)C(=O)OC. The van der Waals surface area contributed by atoms with Gasteiger partial charge < -0.3 is 14.8 Å². The van der Waals surface area contributed by atoms with E-state index in [-0.39, 0.29) is 5.97 Å². The molecule has 0 radical (unpaired) electrons. The molecule has 1 unspecified atom stereocenters. The molecule has 112 valence electrons. The van der Waals surface area contributed by atoms with Crippen molar-refractivity contribution >= 4 is 5.97 Å². The van der Waals surface area contributed by atoms with E-state index < -0.39 is 5.54 Å². The molecule has 0 aliphatic heterocycles. The van der Waals surface area contributed by atoms with Crippen molar-refractivity contribution in [3.05, 3.63) is 28.8 Å². The number of carbonyl (C=O) groups is 1. The highest BCUT2D eigenvalue weighted by molar-refractivity contribution is 5.80. The van der Waals surface area contributed by atoms with Gasteiger partial charge in [-0.1, -0.05) is 6.07 Å². The third-order valence-corrected chi connectivity index (χ3v) is 3.81. The summed E-state index contributed by atoms with van der Waals surface area (Å²) in [5.74, 6) is 0.603. The van der Waals surface area contributed by atoms with Crippen LogP contribution in [0.2, 0.25) is 0 Å². The van der Waals surface area contributed by atoms with Crippen LogP contribution in [-0.4, -0.2) is 32.3 Å². The standard InChI is InChI=1S/C16H25NO3/c1-11-9-12(2)13(3)14(10-11)20-8-7-16(4,17-5)15(18)19-6/h9-10,17H,7-8H2,1-6H3. The van der Waals surface area contributed by atoms with E-state index in [1.54, 1.807) is 7.05 Å². The molecule has 1 rings (SSSR count). The normalized spacial score (nSPS) is 13.7. The van der Waals surface area contributed by atoms with Crippen LogP contribution in [-0.2, 0) is 9.53 Å². The summed E-state index contributed by atoms with van der Waals surface area (Å²) in [4.78, 5) is 11.7. The number of rotatable bonds is 6. The Morgan fingerprint density at radius 3 is 2.50 bits per heavy atom. The number of methoxy groups -OCH3 is 1. The van der Waals surface area contributed by atoms with Crippen molar-refractivity contribution < 1.29 is 14.3 Å². The summed E-state index contributed by atoms with van der Waals surface area (Å²) in [5.41, 5.74) is 2.80. The Morgan fingerprint density at radius 2 is 1.95 bits per heavy atom. The van der Waals surface area contributed by atoms with Crippen LogP contribution in [0.5, 0.6) is 5.75 Å². The van der Waals surface area contributed by atoms with Crippen LogP contribution < -0.4 is 10.1 Å². The van der Waals surface area contributed by atoms with E-state index in [1.165, 1.54) is 18.2 Å². The third kappa shape index (κ3) is 3.73. The van der Waals surface area contributed by atoms with E-state index in [9.17, 15) is 4.79 Å². The van der Waals surface area contributed by atoms with E-state index in [2.05, 4.69) is 18.3 Å². The second kappa shape index (κ2) is 6.75. The van der Waals surface area contributed by atoms with Crippen molar-refractivity contribution in [2.75, 3.05) is 20.8 Å². The van der Waals surface area contributed by atoms with Gasteiger partial charge in [0.2, 0.25) is 0 Å². The summed E-state index contributed by atoms with van der Waals surface area (Å²) >= 11 is 0. The maximum Gasteiger partial charge on any atom is 0.325 e. The van der Waals surface area contributed by atoms with Crippen LogP contribution in [0.1, 0.15) is 30.0 Å². The molecule has 0 aliphatic carbocycles. The minimum atomic E-state index is -0.721. The van der Waals surface area contributed by atoms with Gasteiger partial charge in [-0.05, 0) is 57.5 Å². The van der Waals surface area contributed by atoms with Gasteiger partial charge in [-0.25, -0.2) is 0 Å². The Bertz CT molecular complexity index is 485. The number of carbonyl (C=O) groups excluding carboxylic acids is 1. The van der Waals surface area contributed by atoms with Gasteiger partial charge in [0, 0.05) is 6.42 Å². The van der Waals surface area contributed by atoms with Crippen LogP contribution in [0.15, 0.2) is 12.1 Å². The molecule has 0 fully saturated rings. The average molecular weight is 279 g/mol. The molecule has 1 N–H and O–H groups in total. The van der Waals surface area contributed by atoms with Crippen LogP contribution in [0.25, 0.3) is 0 Å². The van der Waals surface area contributed by atoms with Crippen LogP contribution >= 0.6 is 0 Å². The monoisotopic (exact) mass is 279 g/mol. The second-order valence-electron chi connectivity index (χ2n) is 5.38. The molecule has 0 aromatic heterocycles. The summed E-state index contributed by atoms with van der Waals surface area (Å²) in [5, 5.41) is 3.00. The van der Waals surface area contributed by atoms with Crippen molar-refractivity contribution in [1.82, 2.24) is 5.32 Å². The summed E-state index contributed by atoms with van der Waals surface area (Å²) in [6.07, 6.45) is 0.544. The highest BCUT2D eigenvalue weighted by Crippen LogP contribution is 2.24. The third-order valence-electron chi connectivity index (χ3n) is 3.81. The molecule has 1 aromatic rings. The average Bonchev–Trinajstić information content (AvgIpc) is 2.42. The molecule has 0 saturated heterocycles. The van der Waals surface area contributed by atoms with Crippen LogP contribution in [0.4, 0.5) is 0 Å². The molecule has 1 atom stereocenters. The Labute approximate surface area is 121 Å². The second-order valence-corrected chi connectivity index (χ2v) is 5.38. The fraction of sp³-hybridized carbons (Fsp3) is 0.562. The minimum absolute atomic E-state index is 0.277. The predicted octanol–water partition coefficient (Wildman–Crippen LogP) is 2.53. The van der Waals surface area contributed by atoms with Crippen molar-refractivity contribution in [2.45, 2.75) is 39.7 Å². The lowest BCUT2D eigenvalue weighted by Gasteiger charge is -2.26. The zero-order valence-electron chi connectivity index (χ0n) is 13.3. The lowest BCUT2D eigenvalue weighted by atomic mass is 9.99. The quantitative estimate of drug-likeness (QED) is 0.813. The Balaban J connectivity index is 2.71. The highest BCUT2D eigenvalue weighted by Gasteiger charge is 2.32. The molecule has 0 saturated carbocycles. The topological polar surface area (TPSA) is 47.6 Å². The van der Waals surface area contributed by atoms with Gasteiger partial charge in [-0.2, -0.15) is 0 Å². The van der Waals surface area contributed by atoms with Gasteiger partial charge in [0.1, 0.15) is 11.3 Å². The summed E-state index contributed by atoms with van der Waals surface area (Å²) in [6, 6.07) is 4.16. The number of nitrogens with one attached hydrogen (secondary N) is 1. The minimum Gasteiger partial charge on any atom is -0.493 e. The van der Waals surface area contributed by atoms with Crippen molar-refractivity contribution in [3.63, 3.8) is 0 Å². The van der Waals surface area contributed by atoms with Crippen LogP contribution in [0.3, 0.4) is 0 Å².